The van der Waals surface area contributed by atoms with Crippen LogP contribution in [0.4, 0.5) is 9.39 Å². The predicted octanol–water partition coefficient (Wildman–Crippen LogP) is 5.39. The van der Waals surface area contributed by atoms with E-state index in [0.717, 1.165) is 53.1 Å². The first-order chi connectivity index (χ1) is 16.9. The third kappa shape index (κ3) is 5.39. The Morgan fingerprint density at radius 3 is 2.69 bits per heavy atom. The summed E-state index contributed by atoms with van der Waals surface area (Å²) in [6.07, 6.45) is 3.73. The minimum Gasteiger partial charge on any atom is -0.349 e. The maximum atomic E-state index is 13.7. The highest BCUT2D eigenvalue weighted by atomic mass is 32.2. The highest BCUT2D eigenvalue weighted by molar-refractivity contribution is 7.82. The number of nitrogens with two attached hydrogens (primary N) is 1. The SMILES string of the molecule is CC1Cc2sc(NC(Cc3ccc(S(N)=O)cc3)=C3CC3)c(C#N)c2CN1Cc1cccc(F)c1. The van der Waals surface area contributed by atoms with Crippen LogP contribution in [0.25, 0.3) is 0 Å². The van der Waals surface area contributed by atoms with Crippen LogP contribution < -0.4 is 10.5 Å². The van der Waals surface area contributed by atoms with E-state index in [2.05, 4.69) is 23.2 Å². The Bertz CT molecular complexity index is 1350. The molecule has 2 heterocycles. The molecule has 5 nitrogen and oxygen atoms in total. The number of halogens is 1. The number of fused-ring (bicyclic) bond motifs is 1. The van der Waals surface area contributed by atoms with Crippen molar-refractivity contribution in [2.45, 2.75) is 56.6 Å². The molecule has 1 fully saturated rings. The summed E-state index contributed by atoms with van der Waals surface area (Å²) in [4.78, 5) is 4.18. The number of rotatable bonds is 7. The fourth-order valence-corrected chi connectivity index (χ4v) is 6.30. The van der Waals surface area contributed by atoms with Crippen LogP contribution in [0.3, 0.4) is 0 Å². The lowest BCUT2D eigenvalue weighted by atomic mass is 9.99. The molecule has 2 atom stereocenters. The Morgan fingerprint density at radius 1 is 1.26 bits per heavy atom. The van der Waals surface area contributed by atoms with Crippen LogP contribution in [0.5, 0.6) is 0 Å². The van der Waals surface area contributed by atoms with Gasteiger partial charge in [0, 0.05) is 41.7 Å². The summed E-state index contributed by atoms with van der Waals surface area (Å²) in [5, 5.41) is 20.1. The number of benzene rings is 2. The van der Waals surface area contributed by atoms with Gasteiger partial charge >= 0.3 is 0 Å². The number of hydrogen-bond acceptors (Lipinski definition) is 5. The van der Waals surface area contributed by atoms with E-state index in [-0.39, 0.29) is 5.82 Å². The van der Waals surface area contributed by atoms with Crippen molar-refractivity contribution in [1.82, 2.24) is 4.90 Å². The molecular formula is C27H27FN4OS2. The van der Waals surface area contributed by atoms with Gasteiger partial charge in [0.05, 0.1) is 10.5 Å². The van der Waals surface area contributed by atoms with Crippen LogP contribution in [-0.4, -0.2) is 15.2 Å². The number of nitrogens with one attached hydrogen (secondary N) is 1. The van der Waals surface area contributed by atoms with E-state index in [0.29, 0.717) is 29.6 Å². The smallest absolute Gasteiger partial charge is 0.123 e. The zero-order valence-electron chi connectivity index (χ0n) is 19.5. The first-order valence-electron chi connectivity index (χ1n) is 11.7. The van der Waals surface area contributed by atoms with Crippen LogP contribution in [0.15, 0.2) is 64.7 Å². The Hall–Kier alpha value is -2.83. The van der Waals surface area contributed by atoms with Gasteiger partial charge in [-0.3, -0.25) is 4.90 Å². The molecule has 0 radical (unpaired) electrons. The van der Waals surface area contributed by atoms with E-state index in [1.54, 1.807) is 35.6 Å². The summed E-state index contributed by atoms with van der Waals surface area (Å²) >= 11 is 1.68. The van der Waals surface area contributed by atoms with Crippen molar-refractivity contribution >= 4 is 27.3 Å². The minimum absolute atomic E-state index is 0.223. The van der Waals surface area contributed by atoms with E-state index in [4.69, 9.17) is 5.14 Å². The molecule has 5 rings (SSSR count). The molecule has 1 saturated carbocycles. The molecule has 8 heteroatoms. The van der Waals surface area contributed by atoms with Gasteiger partial charge in [-0.05, 0) is 67.2 Å². The molecule has 1 aromatic heterocycles. The fraction of sp³-hybridized carbons (Fsp3) is 0.296. The van der Waals surface area contributed by atoms with E-state index >= 15 is 0 Å². The molecule has 2 aromatic carbocycles. The van der Waals surface area contributed by atoms with E-state index in [9.17, 15) is 13.9 Å². The van der Waals surface area contributed by atoms with Gasteiger partial charge in [0.1, 0.15) is 27.9 Å². The van der Waals surface area contributed by atoms with Crippen molar-refractivity contribution in [3.63, 3.8) is 0 Å². The molecule has 35 heavy (non-hydrogen) atoms. The van der Waals surface area contributed by atoms with Crippen molar-refractivity contribution < 1.29 is 8.60 Å². The summed E-state index contributed by atoms with van der Waals surface area (Å²) in [6, 6.07) is 17.0. The lowest BCUT2D eigenvalue weighted by molar-refractivity contribution is 0.177. The maximum Gasteiger partial charge on any atom is 0.123 e. The maximum absolute atomic E-state index is 13.7. The molecule has 0 amide bonds. The lowest BCUT2D eigenvalue weighted by Crippen LogP contribution is -2.37. The van der Waals surface area contributed by atoms with Crippen LogP contribution in [0.1, 0.15) is 46.9 Å². The summed E-state index contributed by atoms with van der Waals surface area (Å²) in [5.41, 5.74) is 6.38. The highest BCUT2D eigenvalue weighted by Crippen LogP contribution is 2.41. The van der Waals surface area contributed by atoms with E-state index in [1.807, 2.05) is 18.2 Å². The van der Waals surface area contributed by atoms with Crippen molar-refractivity contribution in [3.8, 4) is 6.07 Å². The Morgan fingerprint density at radius 2 is 2.03 bits per heavy atom. The van der Waals surface area contributed by atoms with Crippen molar-refractivity contribution in [2.24, 2.45) is 5.14 Å². The van der Waals surface area contributed by atoms with Gasteiger partial charge in [-0.15, -0.1) is 11.3 Å². The average Bonchev–Trinajstić information content (AvgIpc) is 3.62. The standard InChI is InChI=1S/C27H27FN4OS2/c1-17-11-26-24(16-32(17)15-19-3-2-4-21(28)12-19)23(14-29)27(34-26)31-25(20-7-8-20)13-18-5-9-22(10-6-18)35(30)33/h2-6,9-10,12,17,31H,7-8,11,13,15-16,30H2,1H3. The van der Waals surface area contributed by atoms with Crippen LogP contribution in [-0.2, 0) is 36.9 Å². The highest BCUT2D eigenvalue weighted by Gasteiger charge is 2.30. The Labute approximate surface area is 211 Å². The second-order valence-corrected chi connectivity index (χ2v) is 11.4. The second kappa shape index (κ2) is 10.0. The molecule has 0 bridgehead atoms. The van der Waals surface area contributed by atoms with Crippen molar-refractivity contribution in [3.05, 3.63) is 92.7 Å². The zero-order valence-corrected chi connectivity index (χ0v) is 21.1. The topological polar surface area (TPSA) is 82.1 Å². The molecule has 3 N–H and O–H groups in total. The molecule has 180 valence electrons. The minimum atomic E-state index is -1.48. The fourth-order valence-electron chi connectivity index (χ4n) is 4.59. The van der Waals surface area contributed by atoms with Gasteiger partial charge in [-0.1, -0.05) is 24.3 Å². The third-order valence-corrected chi connectivity index (χ3v) is 8.58. The van der Waals surface area contributed by atoms with Crippen molar-refractivity contribution in [2.75, 3.05) is 5.32 Å². The number of thiophene rings is 1. The summed E-state index contributed by atoms with van der Waals surface area (Å²) in [5.74, 6) is -0.223. The molecule has 1 aliphatic heterocycles. The monoisotopic (exact) mass is 506 g/mol. The number of allylic oxidation sites excluding steroid dienone is 2. The van der Waals surface area contributed by atoms with Gasteiger partial charge in [0.25, 0.3) is 0 Å². The van der Waals surface area contributed by atoms with Gasteiger partial charge in [0.2, 0.25) is 0 Å². The molecular weight excluding hydrogens is 479 g/mol. The van der Waals surface area contributed by atoms with Gasteiger partial charge in [0.15, 0.2) is 0 Å². The van der Waals surface area contributed by atoms with E-state index < -0.39 is 11.0 Å². The molecule has 2 unspecified atom stereocenters. The van der Waals surface area contributed by atoms with E-state index in [1.165, 1.54) is 16.5 Å². The van der Waals surface area contributed by atoms with Crippen molar-refractivity contribution in [1.29, 1.82) is 5.26 Å². The van der Waals surface area contributed by atoms with Gasteiger partial charge < -0.3 is 5.32 Å². The lowest BCUT2D eigenvalue weighted by Gasteiger charge is -2.33. The molecule has 2 aliphatic rings. The van der Waals surface area contributed by atoms with Crippen LogP contribution in [0.2, 0.25) is 0 Å². The summed E-state index contributed by atoms with van der Waals surface area (Å²) < 4.78 is 25.2. The normalized spacial score (nSPS) is 18.0. The molecule has 0 saturated heterocycles. The Balaban J connectivity index is 1.36. The molecule has 1 aliphatic carbocycles. The Kier molecular flexibility index (Phi) is 6.85. The molecule has 0 spiro atoms. The van der Waals surface area contributed by atoms with Crippen LogP contribution >= 0.6 is 11.3 Å². The van der Waals surface area contributed by atoms with Gasteiger partial charge in [-0.2, -0.15) is 5.26 Å². The average molecular weight is 507 g/mol. The first kappa shape index (κ1) is 23.9. The number of anilines is 1. The predicted molar refractivity (Wildman–Crippen MR) is 138 cm³/mol. The number of nitrogens with zero attached hydrogens (tertiary/aromatic N) is 2. The van der Waals surface area contributed by atoms with Gasteiger partial charge in [-0.25, -0.2) is 13.7 Å². The largest absolute Gasteiger partial charge is 0.349 e. The summed E-state index contributed by atoms with van der Waals surface area (Å²) in [6.45, 7) is 3.52. The number of hydrogen-bond donors (Lipinski definition) is 2. The summed E-state index contributed by atoms with van der Waals surface area (Å²) in [7, 11) is -1.48. The number of nitriles is 1. The quantitative estimate of drug-likeness (QED) is 0.450. The van der Waals surface area contributed by atoms with Crippen LogP contribution in [0, 0.1) is 17.1 Å². The second-order valence-electron chi connectivity index (χ2n) is 9.23. The molecule has 3 aromatic rings. The zero-order chi connectivity index (χ0) is 24.5. The first-order valence-corrected chi connectivity index (χ1v) is 13.7. The third-order valence-electron chi connectivity index (χ3n) is 6.67.